The molecule has 23 heavy (non-hydrogen) atoms. The van der Waals surface area contributed by atoms with Crippen molar-refractivity contribution in [2.75, 3.05) is 32.8 Å². The Labute approximate surface area is 135 Å². The lowest BCUT2D eigenvalue weighted by Gasteiger charge is -2.34. The lowest BCUT2D eigenvalue weighted by atomic mass is 10.0. The fraction of sp³-hybridized carbons (Fsp3) is 0.588. The standard InChI is InChI=1S/C17H23FN2O3/c18-14-5-3-13(4-6-14)16(21)12-15-2-1-7-20(15)17(22)19-8-10-23-11-9-19/h3-6,15-16,21H,1-2,7-12H2. The highest BCUT2D eigenvalue weighted by molar-refractivity contribution is 5.75. The lowest BCUT2D eigenvalue weighted by Crippen LogP contribution is -2.49. The second-order valence-corrected chi connectivity index (χ2v) is 6.17. The van der Waals surface area contributed by atoms with Crippen LogP contribution in [-0.4, -0.2) is 59.8 Å². The van der Waals surface area contributed by atoms with E-state index in [1.807, 2.05) is 9.80 Å². The summed E-state index contributed by atoms with van der Waals surface area (Å²) in [6.07, 6.45) is 1.66. The second-order valence-electron chi connectivity index (χ2n) is 6.17. The average Bonchev–Trinajstić information content (AvgIpc) is 3.03. The SMILES string of the molecule is O=C(N1CCOCC1)N1CCCC1CC(O)c1ccc(F)cc1. The molecule has 0 aromatic heterocycles. The van der Waals surface area contributed by atoms with Crippen LogP contribution < -0.4 is 0 Å². The van der Waals surface area contributed by atoms with Gasteiger partial charge in [0.2, 0.25) is 0 Å². The zero-order valence-corrected chi connectivity index (χ0v) is 13.2. The predicted molar refractivity (Wildman–Crippen MR) is 83.5 cm³/mol. The van der Waals surface area contributed by atoms with Crippen LogP contribution in [0.15, 0.2) is 24.3 Å². The van der Waals surface area contributed by atoms with E-state index in [0.29, 0.717) is 38.3 Å². The summed E-state index contributed by atoms with van der Waals surface area (Å²) < 4.78 is 18.3. The van der Waals surface area contributed by atoms with E-state index in [4.69, 9.17) is 4.74 Å². The van der Waals surface area contributed by atoms with Crippen molar-refractivity contribution >= 4 is 6.03 Å². The monoisotopic (exact) mass is 322 g/mol. The molecule has 3 rings (SSSR count). The largest absolute Gasteiger partial charge is 0.388 e. The number of likely N-dealkylation sites (tertiary alicyclic amines) is 1. The highest BCUT2D eigenvalue weighted by atomic mass is 19.1. The first-order chi connectivity index (χ1) is 11.1. The third kappa shape index (κ3) is 3.82. The van der Waals surface area contributed by atoms with Gasteiger partial charge in [-0.05, 0) is 37.0 Å². The summed E-state index contributed by atoms with van der Waals surface area (Å²) in [5.74, 6) is -0.314. The van der Waals surface area contributed by atoms with Gasteiger partial charge >= 0.3 is 6.03 Å². The van der Waals surface area contributed by atoms with Gasteiger partial charge in [0.05, 0.1) is 19.3 Å². The molecular formula is C17H23FN2O3. The maximum Gasteiger partial charge on any atom is 0.320 e. The molecule has 126 valence electrons. The Bertz CT molecular complexity index is 531. The van der Waals surface area contributed by atoms with Gasteiger partial charge in [-0.25, -0.2) is 9.18 Å². The second kappa shape index (κ2) is 7.27. The number of benzene rings is 1. The molecule has 2 saturated heterocycles. The Morgan fingerprint density at radius 1 is 1.26 bits per heavy atom. The molecule has 0 saturated carbocycles. The Morgan fingerprint density at radius 2 is 1.96 bits per heavy atom. The van der Waals surface area contributed by atoms with Crippen LogP contribution in [0.4, 0.5) is 9.18 Å². The molecule has 0 spiro atoms. The number of rotatable bonds is 3. The van der Waals surface area contributed by atoms with Crippen LogP contribution in [0.1, 0.15) is 30.9 Å². The molecule has 2 unspecified atom stereocenters. The van der Waals surface area contributed by atoms with E-state index in [1.165, 1.54) is 12.1 Å². The Hall–Kier alpha value is -1.66. The van der Waals surface area contributed by atoms with E-state index in [-0.39, 0.29) is 17.9 Å². The van der Waals surface area contributed by atoms with Gasteiger partial charge in [0.1, 0.15) is 5.82 Å². The fourth-order valence-corrected chi connectivity index (χ4v) is 3.35. The zero-order chi connectivity index (χ0) is 16.2. The summed E-state index contributed by atoms with van der Waals surface area (Å²) in [4.78, 5) is 16.3. The molecule has 1 aromatic rings. The van der Waals surface area contributed by atoms with E-state index >= 15 is 0 Å². The van der Waals surface area contributed by atoms with Gasteiger partial charge in [-0.2, -0.15) is 0 Å². The van der Waals surface area contributed by atoms with Gasteiger partial charge < -0.3 is 19.6 Å². The molecule has 1 N–H and O–H groups in total. The van der Waals surface area contributed by atoms with Crippen LogP contribution in [0.5, 0.6) is 0 Å². The van der Waals surface area contributed by atoms with Crippen LogP contribution in [-0.2, 0) is 4.74 Å². The van der Waals surface area contributed by atoms with Crippen molar-refractivity contribution in [3.05, 3.63) is 35.6 Å². The molecule has 0 radical (unpaired) electrons. The minimum Gasteiger partial charge on any atom is -0.388 e. The number of carbonyl (C=O) groups excluding carboxylic acids is 1. The summed E-state index contributed by atoms with van der Waals surface area (Å²) in [6.45, 7) is 3.16. The van der Waals surface area contributed by atoms with E-state index in [1.54, 1.807) is 12.1 Å². The normalized spacial score (nSPS) is 23.1. The van der Waals surface area contributed by atoms with Crippen molar-refractivity contribution in [1.82, 2.24) is 9.80 Å². The molecule has 2 fully saturated rings. The van der Waals surface area contributed by atoms with E-state index in [9.17, 15) is 14.3 Å². The molecule has 2 aliphatic rings. The number of ether oxygens (including phenoxy) is 1. The summed E-state index contributed by atoms with van der Waals surface area (Å²) in [7, 11) is 0. The molecule has 6 heteroatoms. The maximum absolute atomic E-state index is 13.0. The Balaban J connectivity index is 1.62. The van der Waals surface area contributed by atoms with Crippen LogP contribution in [0.2, 0.25) is 0 Å². The number of hydrogen-bond donors (Lipinski definition) is 1. The average molecular weight is 322 g/mol. The lowest BCUT2D eigenvalue weighted by molar-refractivity contribution is 0.0394. The van der Waals surface area contributed by atoms with Crippen molar-refractivity contribution in [3.8, 4) is 0 Å². The topological polar surface area (TPSA) is 53.0 Å². The first-order valence-corrected chi connectivity index (χ1v) is 8.22. The third-order valence-corrected chi connectivity index (χ3v) is 4.65. The smallest absolute Gasteiger partial charge is 0.320 e. The number of amides is 2. The molecular weight excluding hydrogens is 299 g/mol. The van der Waals surface area contributed by atoms with Crippen LogP contribution in [0.3, 0.4) is 0 Å². The minimum absolute atomic E-state index is 0.0328. The summed E-state index contributed by atoms with van der Waals surface area (Å²) in [5.41, 5.74) is 0.692. The zero-order valence-electron chi connectivity index (χ0n) is 13.2. The number of carbonyl (C=O) groups is 1. The summed E-state index contributed by atoms with van der Waals surface area (Å²) in [5, 5.41) is 10.4. The van der Waals surface area contributed by atoms with Crippen LogP contribution in [0.25, 0.3) is 0 Å². The number of nitrogens with zero attached hydrogens (tertiary/aromatic N) is 2. The Kier molecular flexibility index (Phi) is 5.13. The van der Waals surface area contributed by atoms with Crippen molar-refractivity contribution in [2.24, 2.45) is 0 Å². The summed E-state index contributed by atoms with van der Waals surface area (Å²) >= 11 is 0. The van der Waals surface area contributed by atoms with Gasteiger partial charge in [0.25, 0.3) is 0 Å². The van der Waals surface area contributed by atoms with Crippen LogP contribution in [0, 0.1) is 5.82 Å². The van der Waals surface area contributed by atoms with Gasteiger partial charge in [-0.3, -0.25) is 0 Å². The molecule has 2 aliphatic heterocycles. The summed E-state index contributed by atoms with van der Waals surface area (Å²) in [6, 6.07) is 5.98. The number of aliphatic hydroxyl groups is 1. The highest BCUT2D eigenvalue weighted by Gasteiger charge is 2.33. The van der Waals surface area contributed by atoms with E-state index < -0.39 is 6.10 Å². The molecule has 2 heterocycles. The Morgan fingerprint density at radius 3 is 2.65 bits per heavy atom. The van der Waals surface area contributed by atoms with Crippen molar-refractivity contribution < 1.29 is 19.0 Å². The number of aliphatic hydroxyl groups excluding tert-OH is 1. The molecule has 2 atom stereocenters. The number of urea groups is 1. The molecule has 5 nitrogen and oxygen atoms in total. The fourth-order valence-electron chi connectivity index (χ4n) is 3.35. The third-order valence-electron chi connectivity index (χ3n) is 4.65. The first-order valence-electron chi connectivity index (χ1n) is 8.22. The van der Waals surface area contributed by atoms with Gasteiger partial charge in [0, 0.05) is 25.7 Å². The first kappa shape index (κ1) is 16.2. The molecule has 0 aliphatic carbocycles. The molecule has 2 amide bonds. The van der Waals surface area contributed by atoms with E-state index in [0.717, 1.165) is 19.4 Å². The molecule has 0 bridgehead atoms. The number of morpholine rings is 1. The minimum atomic E-state index is -0.682. The van der Waals surface area contributed by atoms with Crippen molar-refractivity contribution in [2.45, 2.75) is 31.4 Å². The van der Waals surface area contributed by atoms with Gasteiger partial charge in [-0.1, -0.05) is 12.1 Å². The van der Waals surface area contributed by atoms with Gasteiger partial charge in [-0.15, -0.1) is 0 Å². The predicted octanol–water partition coefficient (Wildman–Crippen LogP) is 2.17. The molecule has 1 aromatic carbocycles. The maximum atomic E-state index is 13.0. The quantitative estimate of drug-likeness (QED) is 0.928. The van der Waals surface area contributed by atoms with E-state index in [2.05, 4.69) is 0 Å². The highest BCUT2D eigenvalue weighted by Crippen LogP contribution is 2.28. The number of halogens is 1. The number of hydrogen-bond acceptors (Lipinski definition) is 3. The van der Waals surface area contributed by atoms with Gasteiger partial charge in [0.15, 0.2) is 0 Å². The van der Waals surface area contributed by atoms with Crippen molar-refractivity contribution in [3.63, 3.8) is 0 Å². The van der Waals surface area contributed by atoms with Crippen molar-refractivity contribution in [1.29, 1.82) is 0 Å². The van der Waals surface area contributed by atoms with Crippen LogP contribution >= 0.6 is 0 Å².